The molecule has 0 spiro atoms. The van der Waals surface area contributed by atoms with Crippen molar-refractivity contribution in [1.29, 1.82) is 0 Å². The summed E-state index contributed by atoms with van der Waals surface area (Å²) in [6.07, 6.45) is 3.18. The van der Waals surface area contributed by atoms with Crippen molar-refractivity contribution in [2.24, 2.45) is 0 Å². The first kappa shape index (κ1) is 21.1. The van der Waals surface area contributed by atoms with Crippen molar-refractivity contribution >= 4 is 57.3 Å². The SMILES string of the molecule is C=CCN1C(=O)S/C(=C/c2ccc(OCc3cccc([N+](=O)[O-])c3)c(I)c2)C1=O. The number of amides is 2. The van der Waals surface area contributed by atoms with Crippen LogP contribution in [0.15, 0.2) is 60.0 Å². The summed E-state index contributed by atoms with van der Waals surface area (Å²) >= 11 is 3.01. The Balaban J connectivity index is 1.71. The van der Waals surface area contributed by atoms with Gasteiger partial charge in [0.1, 0.15) is 12.4 Å². The number of hydrogen-bond acceptors (Lipinski definition) is 6. The van der Waals surface area contributed by atoms with E-state index in [1.807, 2.05) is 6.07 Å². The third-order valence-corrected chi connectivity index (χ3v) is 5.71. The minimum Gasteiger partial charge on any atom is -0.488 e. The number of hydrogen-bond donors (Lipinski definition) is 0. The lowest BCUT2D eigenvalue weighted by molar-refractivity contribution is -0.384. The van der Waals surface area contributed by atoms with E-state index >= 15 is 0 Å². The van der Waals surface area contributed by atoms with Gasteiger partial charge in [0.2, 0.25) is 0 Å². The molecule has 1 heterocycles. The largest absolute Gasteiger partial charge is 0.488 e. The first-order valence-electron chi connectivity index (χ1n) is 8.41. The molecule has 1 fully saturated rings. The summed E-state index contributed by atoms with van der Waals surface area (Å²) in [5.74, 6) is 0.287. The molecule has 1 aliphatic rings. The number of nitro groups is 1. The molecule has 2 aromatic carbocycles. The standard InChI is InChI=1S/C20H15IN2O5S/c1-2-8-22-19(24)18(29-20(22)25)11-13-6-7-17(16(21)10-13)28-12-14-4-3-5-15(9-14)23(26)27/h2-7,9-11H,1,8,12H2/b18-11+. The molecule has 0 atom stereocenters. The predicted octanol–water partition coefficient (Wildman–Crippen LogP) is 5.00. The highest BCUT2D eigenvalue weighted by atomic mass is 127. The highest BCUT2D eigenvalue weighted by molar-refractivity contribution is 14.1. The second-order valence-electron chi connectivity index (χ2n) is 5.99. The van der Waals surface area contributed by atoms with Gasteiger partial charge in [-0.25, -0.2) is 0 Å². The molecule has 0 aliphatic carbocycles. The van der Waals surface area contributed by atoms with Gasteiger partial charge in [0, 0.05) is 18.7 Å². The smallest absolute Gasteiger partial charge is 0.293 e. The van der Waals surface area contributed by atoms with Crippen LogP contribution in [-0.2, 0) is 11.4 Å². The van der Waals surface area contributed by atoms with Crippen molar-refractivity contribution < 1.29 is 19.2 Å². The second-order valence-corrected chi connectivity index (χ2v) is 8.14. The fourth-order valence-corrected chi connectivity index (χ4v) is 4.13. The van der Waals surface area contributed by atoms with Crippen LogP contribution >= 0.6 is 34.4 Å². The first-order chi connectivity index (χ1) is 13.9. The van der Waals surface area contributed by atoms with Gasteiger partial charge in [-0.3, -0.25) is 24.6 Å². The van der Waals surface area contributed by atoms with Gasteiger partial charge in [-0.05, 0) is 63.7 Å². The molecular weight excluding hydrogens is 507 g/mol. The maximum Gasteiger partial charge on any atom is 0.293 e. The molecule has 0 unspecified atom stereocenters. The molecule has 0 radical (unpaired) electrons. The molecule has 2 amide bonds. The Hall–Kier alpha value is -2.66. The summed E-state index contributed by atoms with van der Waals surface area (Å²) in [6, 6.07) is 11.7. The Kier molecular flexibility index (Phi) is 6.70. The number of ether oxygens (including phenoxy) is 1. The second kappa shape index (κ2) is 9.23. The van der Waals surface area contributed by atoms with E-state index < -0.39 is 4.92 Å². The number of non-ortho nitro benzene ring substituents is 1. The van der Waals surface area contributed by atoms with Crippen LogP contribution in [0.5, 0.6) is 5.75 Å². The minimum absolute atomic E-state index is 0.0153. The van der Waals surface area contributed by atoms with Crippen molar-refractivity contribution in [2.45, 2.75) is 6.61 Å². The van der Waals surface area contributed by atoms with Crippen LogP contribution < -0.4 is 4.74 Å². The quantitative estimate of drug-likeness (QED) is 0.167. The third kappa shape index (κ3) is 5.04. The molecule has 1 saturated heterocycles. The summed E-state index contributed by atoms with van der Waals surface area (Å²) < 4.78 is 6.59. The summed E-state index contributed by atoms with van der Waals surface area (Å²) in [5, 5.41) is 10.6. The molecule has 7 nitrogen and oxygen atoms in total. The van der Waals surface area contributed by atoms with Crippen LogP contribution in [0.1, 0.15) is 11.1 Å². The third-order valence-electron chi connectivity index (χ3n) is 3.95. The molecular formula is C20H15IN2O5S. The average molecular weight is 522 g/mol. The zero-order valence-corrected chi connectivity index (χ0v) is 18.0. The van der Waals surface area contributed by atoms with Gasteiger partial charge < -0.3 is 4.74 Å². The number of nitro benzene ring substituents is 1. The minimum atomic E-state index is -0.446. The molecule has 148 valence electrons. The number of rotatable bonds is 7. The predicted molar refractivity (Wildman–Crippen MR) is 119 cm³/mol. The number of halogens is 1. The molecule has 0 bridgehead atoms. The number of carbonyl (C=O) groups is 2. The molecule has 0 saturated carbocycles. The normalized spacial score (nSPS) is 15.1. The first-order valence-corrected chi connectivity index (χ1v) is 10.3. The monoisotopic (exact) mass is 522 g/mol. The van der Waals surface area contributed by atoms with E-state index in [9.17, 15) is 19.7 Å². The van der Waals surface area contributed by atoms with Crippen molar-refractivity contribution in [3.8, 4) is 5.75 Å². The summed E-state index contributed by atoms with van der Waals surface area (Å²) in [5.41, 5.74) is 1.47. The molecule has 9 heteroatoms. The van der Waals surface area contributed by atoms with Crippen molar-refractivity contribution in [3.05, 3.63) is 84.8 Å². The summed E-state index contributed by atoms with van der Waals surface area (Å²) in [4.78, 5) is 36.1. The number of thioether (sulfide) groups is 1. The molecule has 2 aromatic rings. The Labute approximate surface area is 184 Å². The zero-order valence-electron chi connectivity index (χ0n) is 15.0. The number of imide groups is 1. The van der Waals surface area contributed by atoms with Crippen LogP contribution in [0.3, 0.4) is 0 Å². The molecule has 29 heavy (non-hydrogen) atoms. The van der Waals surface area contributed by atoms with E-state index in [0.29, 0.717) is 16.2 Å². The molecule has 0 N–H and O–H groups in total. The molecule has 0 aromatic heterocycles. The molecule has 1 aliphatic heterocycles. The fraction of sp³-hybridized carbons (Fsp3) is 0.100. The van der Waals surface area contributed by atoms with E-state index in [0.717, 1.165) is 25.8 Å². The summed E-state index contributed by atoms with van der Waals surface area (Å²) in [6.45, 7) is 3.93. The Morgan fingerprint density at radius 1 is 1.24 bits per heavy atom. The molecule has 3 rings (SSSR count). The van der Waals surface area contributed by atoms with Crippen LogP contribution in [-0.4, -0.2) is 27.5 Å². The van der Waals surface area contributed by atoms with E-state index in [-0.39, 0.29) is 30.0 Å². The van der Waals surface area contributed by atoms with Crippen LogP contribution in [0.25, 0.3) is 6.08 Å². The van der Waals surface area contributed by atoms with Crippen molar-refractivity contribution in [3.63, 3.8) is 0 Å². The Morgan fingerprint density at radius 3 is 2.72 bits per heavy atom. The highest BCUT2D eigenvalue weighted by Gasteiger charge is 2.34. The number of carbonyl (C=O) groups excluding carboxylic acids is 2. The van der Waals surface area contributed by atoms with Gasteiger partial charge in [0.15, 0.2) is 0 Å². The average Bonchev–Trinajstić information content (AvgIpc) is 2.95. The lowest BCUT2D eigenvalue weighted by Gasteiger charge is -2.09. The van der Waals surface area contributed by atoms with Crippen LogP contribution in [0.2, 0.25) is 0 Å². The lowest BCUT2D eigenvalue weighted by atomic mass is 10.2. The van der Waals surface area contributed by atoms with Crippen LogP contribution in [0, 0.1) is 13.7 Å². The maximum atomic E-state index is 12.3. The maximum absolute atomic E-state index is 12.3. The van der Waals surface area contributed by atoms with E-state index in [2.05, 4.69) is 29.2 Å². The van der Waals surface area contributed by atoms with Crippen LogP contribution in [0.4, 0.5) is 10.5 Å². The van der Waals surface area contributed by atoms with Gasteiger partial charge in [-0.15, -0.1) is 6.58 Å². The fourth-order valence-electron chi connectivity index (χ4n) is 2.58. The Bertz CT molecular complexity index is 1040. The van der Waals surface area contributed by atoms with Gasteiger partial charge in [-0.1, -0.05) is 24.3 Å². The summed E-state index contributed by atoms with van der Waals surface area (Å²) in [7, 11) is 0. The lowest BCUT2D eigenvalue weighted by Crippen LogP contribution is -2.27. The van der Waals surface area contributed by atoms with Gasteiger partial charge in [0.25, 0.3) is 16.8 Å². The van der Waals surface area contributed by atoms with E-state index in [1.165, 1.54) is 18.2 Å². The topological polar surface area (TPSA) is 89.8 Å². The van der Waals surface area contributed by atoms with E-state index in [4.69, 9.17) is 4.74 Å². The Morgan fingerprint density at radius 2 is 2.03 bits per heavy atom. The van der Waals surface area contributed by atoms with Gasteiger partial charge in [0.05, 0.1) is 13.4 Å². The number of nitrogens with zero attached hydrogens (tertiary/aromatic N) is 2. The zero-order chi connectivity index (χ0) is 21.0. The van der Waals surface area contributed by atoms with Crippen molar-refractivity contribution in [1.82, 2.24) is 4.90 Å². The number of benzene rings is 2. The van der Waals surface area contributed by atoms with Crippen molar-refractivity contribution in [2.75, 3.05) is 6.54 Å². The van der Waals surface area contributed by atoms with Gasteiger partial charge in [-0.2, -0.15) is 0 Å². The van der Waals surface area contributed by atoms with E-state index in [1.54, 1.807) is 30.3 Å². The highest BCUT2D eigenvalue weighted by Crippen LogP contribution is 2.33. The van der Waals surface area contributed by atoms with Gasteiger partial charge >= 0.3 is 0 Å².